The molecule has 21 heteroatoms. The average molecular weight is 1260 g/mol. The molecule has 0 radical (unpaired) electrons. The quantitative estimate of drug-likeness (QED) is 0.160. The summed E-state index contributed by atoms with van der Waals surface area (Å²) in [6, 6.07) is 14.0. The molecular weight excluding hydrogens is 1190 g/mol. The van der Waals surface area contributed by atoms with Crippen molar-refractivity contribution in [2.24, 2.45) is 0 Å². The van der Waals surface area contributed by atoms with Crippen molar-refractivity contribution in [1.29, 1.82) is 0 Å². The van der Waals surface area contributed by atoms with E-state index in [0.29, 0.717) is 42.8 Å². The van der Waals surface area contributed by atoms with E-state index >= 15 is 0 Å². The third kappa shape index (κ3) is 14.8. The number of aromatic nitrogens is 4. The topological polar surface area (TPSA) is 170 Å². The predicted octanol–water partition coefficient (Wildman–Crippen LogP) is 6.64. The summed E-state index contributed by atoms with van der Waals surface area (Å²) in [4.78, 5) is 76.4. The Labute approximate surface area is 512 Å². The molecule has 3 amide bonds. The molecule has 16 nitrogen and oxygen atoms in total. The SMILES string of the molecule is CC(C)(C)OC(=O)N1CCN(C2c3ccc(Cl)cc3CCc3cc(Br)cnc32)C[C@@H]1C(=O)N1CCCCC1CCn1ccnc1.CC(C)(C)OC(=O)N1CCN(C2c3ccc(Cl)cc3CCc3cc(Br)cnc32)C[C@@H]1C(=O)[O-].[Na+]. The monoisotopic (exact) mass is 1250 g/mol. The third-order valence-corrected chi connectivity index (χ3v) is 16.5. The largest absolute Gasteiger partial charge is 1.00 e. The second kappa shape index (κ2) is 26.0. The fourth-order valence-corrected chi connectivity index (χ4v) is 12.8. The molecule has 3 aliphatic heterocycles. The van der Waals surface area contributed by atoms with Crippen molar-refractivity contribution in [3.8, 4) is 0 Å². The number of aryl methyl sites for hydroxylation is 5. The number of halogens is 4. The van der Waals surface area contributed by atoms with Crippen LogP contribution in [0.25, 0.3) is 0 Å². The first-order valence-electron chi connectivity index (χ1n) is 26.9. The van der Waals surface area contributed by atoms with E-state index in [0.717, 1.165) is 100 Å². The van der Waals surface area contributed by atoms with Gasteiger partial charge in [-0.2, -0.15) is 0 Å². The van der Waals surface area contributed by atoms with Crippen LogP contribution in [-0.2, 0) is 51.3 Å². The number of hydrogen-bond donors (Lipinski definition) is 0. The number of piperidine rings is 1. The van der Waals surface area contributed by atoms with Gasteiger partial charge in [0.15, 0.2) is 0 Å². The molecule has 5 atom stereocenters. The molecule has 5 aromatic rings. The predicted molar refractivity (Wildman–Crippen MR) is 303 cm³/mol. The number of fused-ring (bicyclic) bond motifs is 4. The first-order chi connectivity index (χ1) is 37.1. The molecule has 2 aromatic carbocycles. The zero-order valence-electron chi connectivity index (χ0n) is 46.1. The van der Waals surface area contributed by atoms with E-state index in [1.54, 1.807) is 38.1 Å². The first-order valence-corrected chi connectivity index (χ1v) is 29.2. The van der Waals surface area contributed by atoms with Gasteiger partial charge in [-0.1, -0.05) is 35.3 Å². The number of imidazole rings is 1. The van der Waals surface area contributed by atoms with Crippen molar-refractivity contribution in [2.45, 2.75) is 141 Å². The van der Waals surface area contributed by atoms with Crippen molar-refractivity contribution in [2.75, 3.05) is 45.8 Å². The standard InChI is InChI=1S/C34H42BrClN6O3.C24H27BrClN3O4.Na/c1-34(2,3)45-33(44)42-17-16-40(21-29(42)32(43)41-13-5-4-6-27(41)11-14-39-15-12-37-22-39)31-28-10-9-26(36)19-23(28)7-8-24-18-25(35)20-38-30(24)31;1-24(2,3)33-23(32)29-9-8-28(13-19(29)22(30)31)21-18-7-6-17(26)11-14(18)4-5-15-10-16(25)12-27-20(15)21;/h9-10,12,15,18-20,22,27,29,31H,4-8,11,13-14,16-17,21H2,1-3H3;6-7,10-12,19,21H,4-5,8-9,13H2,1-3H3,(H,30,31);/q;;+1/p-1/t27?,29-,31?;19-,21?;/m11./s1. The molecule has 6 heterocycles. The Morgan fingerprint density at radius 2 is 1.15 bits per heavy atom. The number of rotatable bonds is 7. The van der Waals surface area contributed by atoms with Gasteiger partial charge in [0.1, 0.15) is 17.2 Å². The maximum absolute atomic E-state index is 14.7. The summed E-state index contributed by atoms with van der Waals surface area (Å²) in [5.41, 5.74) is 7.27. The summed E-state index contributed by atoms with van der Waals surface area (Å²) in [5, 5.41) is 13.5. The summed E-state index contributed by atoms with van der Waals surface area (Å²) >= 11 is 19.9. The molecule has 10 rings (SSSR count). The van der Waals surface area contributed by atoms with E-state index < -0.39 is 41.4 Å². The number of piperazine rings is 2. The van der Waals surface area contributed by atoms with Crippen LogP contribution in [0.15, 0.2) is 88.6 Å². The van der Waals surface area contributed by atoms with Crippen molar-refractivity contribution in [3.05, 3.63) is 143 Å². The summed E-state index contributed by atoms with van der Waals surface area (Å²) < 4.78 is 15.2. The molecule has 0 saturated carbocycles. The van der Waals surface area contributed by atoms with Crippen LogP contribution in [0.2, 0.25) is 10.0 Å². The number of carboxylic acid groups (broad SMARTS) is 1. The molecule has 3 aromatic heterocycles. The maximum atomic E-state index is 14.7. The minimum Gasteiger partial charge on any atom is -0.548 e. The third-order valence-electron chi connectivity index (χ3n) is 15.1. The number of likely N-dealkylation sites (tertiary alicyclic amines) is 1. The minimum atomic E-state index is -1.31. The van der Waals surface area contributed by atoms with Crippen LogP contribution in [0.5, 0.6) is 0 Å². The Morgan fingerprint density at radius 1 is 0.658 bits per heavy atom. The molecule has 5 aliphatic rings. The van der Waals surface area contributed by atoms with Gasteiger partial charge in [-0.3, -0.25) is 34.4 Å². The Kier molecular flexibility index (Phi) is 20.1. The van der Waals surface area contributed by atoms with Crippen LogP contribution in [0, 0.1) is 0 Å². The van der Waals surface area contributed by atoms with Crippen molar-refractivity contribution < 1.29 is 63.3 Å². The molecule has 0 bridgehead atoms. The molecule has 79 heavy (non-hydrogen) atoms. The fraction of sp³-hybridized carbons (Fsp3) is 0.500. The zero-order chi connectivity index (χ0) is 55.6. The molecular formula is C58H68Br2Cl2N9NaO7. The van der Waals surface area contributed by atoms with Crippen molar-refractivity contribution in [3.63, 3.8) is 0 Å². The van der Waals surface area contributed by atoms with Gasteiger partial charge in [-0.05, 0) is 195 Å². The second-order valence-corrected chi connectivity index (χ2v) is 25.5. The van der Waals surface area contributed by atoms with Gasteiger partial charge < -0.3 is 28.8 Å². The van der Waals surface area contributed by atoms with Gasteiger partial charge in [0, 0.05) is 102 Å². The van der Waals surface area contributed by atoms with Crippen LogP contribution in [0.1, 0.15) is 124 Å². The van der Waals surface area contributed by atoms with E-state index in [4.69, 9.17) is 42.6 Å². The summed E-state index contributed by atoms with van der Waals surface area (Å²) in [6.45, 7) is 14.5. The van der Waals surface area contributed by atoms with E-state index in [9.17, 15) is 24.3 Å². The number of amides is 3. The van der Waals surface area contributed by atoms with Gasteiger partial charge in [0.25, 0.3) is 0 Å². The maximum Gasteiger partial charge on any atom is 1.00 e. The summed E-state index contributed by atoms with van der Waals surface area (Å²) in [7, 11) is 0. The zero-order valence-corrected chi connectivity index (χ0v) is 52.8. The summed E-state index contributed by atoms with van der Waals surface area (Å²) in [6.07, 6.45) is 15.2. The molecule has 3 saturated heterocycles. The van der Waals surface area contributed by atoms with E-state index in [-0.39, 0.29) is 66.7 Å². The summed E-state index contributed by atoms with van der Waals surface area (Å²) in [5.74, 6) is -1.31. The van der Waals surface area contributed by atoms with Crippen molar-refractivity contribution >= 4 is 79.1 Å². The average Bonchev–Trinajstić information content (AvgIpc) is 3.90. The van der Waals surface area contributed by atoms with Crippen LogP contribution in [0.4, 0.5) is 9.59 Å². The number of hydrogen-bond acceptors (Lipinski definition) is 12. The van der Waals surface area contributed by atoms with E-state index in [1.165, 1.54) is 16.0 Å². The Balaban J connectivity index is 0.000000215. The number of carbonyl (C=O) groups excluding carboxylic acids is 4. The van der Waals surface area contributed by atoms with Gasteiger partial charge in [-0.25, -0.2) is 14.6 Å². The minimum absolute atomic E-state index is 0. The van der Waals surface area contributed by atoms with Crippen LogP contribution < -0.4 is 34.7 Å². The molecule has 0 N–H and O–H groups in total. The normalized spacial score (nSPS) is 21.5. The number of carbonyl (C=O) groups is 4. The van der Waals surface area contributed by atoms with Gasteiger partial charge in [0.2, 0.25) is 5.91 Å². The first kappa shape index (κ1) is 61.0. The number of pyridine rings is 2. The molecule has 3 fully saturated rings. The number of benzene rings is 2. The van der Waals surface area contributed by atoms with Crippen LogP contribution in [0.3, 0.4) is 0 Å². The fourth-order valence-electron chi connectivity index (χ4n) is 11.6. The number of aliphatic carboxylic acids is 1. The number of ether oxygens (including phenoxy) is 2. The van der Waals surface area contributed by atoms with Crippen LogP contribution in [-0.4, -0.2) is 143 Å². The number of nitrogens with zero attached hydrogens (tertiary/aromatic N) is 9. The van der Waals surface area contributed by atoms with E-state index in [2.05, 4.69) is 75.5 Å². The van der Waals surface area contributed by atoms with Gasteiger partial charge in [0.05, 0.1) is 41.8 Å². The van der Waals surface area contributed by atoms with Crippen molar-refractivity contribution in [1.82, 2.24) is 44.0 Å². The molecule has 2 aliphatic carbocycles. The van der Waals surface area contributed by atoms with E-state index in [1.807, 2.05) is 68.7 Å². The Bertz CT molecular complexity index is 2910. The van der Waals surface area contributed by atoms with Gasteiger partial charge >= 0.3 is 41.7 Å². The smallest absolute Gasteiger partial charge is 0.548 e. The number of carboxylic acids is 1. The van der Waals surface area contributed by atoms with Gasteiger partial charge in [-0.15, -0.1) is 0 Å². The Morgan fingerprint density at radius 3 is 1.63 bits per heavy atom. The molecule has 0 spiro atoms. The molecule has 416 valence electrons. The second-order valence-electron chi connectivity index (χ2n) is 22.8. The molecule has 3 unspecified atom stereocenters. The Hall–Kier alpha value is -4.11. The van der Waals surface area contributed by atoms with Crippen LogP contribution >= 0.6 is 55.1 Å².